The van der Waals surface area contributed by atoms with E-state index in [2.05, 4.69) is 9.88 Å². The van der Waals surface area contributed by atoms with Gasteiger partial charge in [0.25, 0.3) is 5.91 Å². The number of carbonyl (C=O) groups excluding carboxylic acids is 2. The number of anilines is 2. The Morgan fingerprint density at radius 3 is 2.43 bits per heavy atom. The van der Waals surface area contributed by atoms with Crippen LogP contribution in [-0.4, -0.2) is 50.7 Å². The van der Waals surface area contributed by atoms with Crippen LogP contribution in [0.4, 0.5) is 11.8 Å². The molecule has 1 aliphatic heterocycles. The van der Waals surface area contributed by atoms with Gasteiger partial charge in [0.2, 0.25) is 5.95 Å². The van der Waals surface area contributed by atoms with Gasteiger partial charge in [0.15, 0.2) is 5.78 Å². The molecule has 1 amide bonds. The average Bonchev–Trinajstić information content (AvgIpc) is 3.54. The lowest BCUT2D eigenvalue weighted by Gasteiger charge is -2.18. The third-order valence-corrected chi connectivity index (χ3v) is 6.34. The number of allylic oxidation sites excluding steroid dienone is 1. The first-order valence-electron chi connectivity index (χ1n) is 11.5. The molecule has 5 rings (SSSR count). The summed E-state index contributed by atoms with van der Waals surface area (Å²) in [5.41, 5.74) is 10.4. The van der Waals surface area contributed by atoms with Crippen molar-refractivity contribution in [1.29, 1.82) is 0 Å². The quantitative estimate of drug-likeness (QED) is 0.355. The summed E-state index contributed by atoms with van der Waals surface area (Å²) in [7, 11) is 0. The van der Waals surface area contributed by atoms with E-state index in [-0.39, 0.29) is 11.7 Å². The Kier molecular flexibility index (Phi) is 5.78. The summed E-state index contributed by atoms with van der Waals surface area (Å²) < 4.78 is 1.91. The smallest absolute Gasteiger partial charge is 0.250 e. The number of amides is 1. The van der Waals surface area contributed by atoms with Crippen molar-refractivity contribution in [3.05, 3.63) is 89.8 Å². The van der Waals surface area contributed by atoms with Gasteiger partial charge in [0, 0.05) is 47.7 Å². The molecule has 0 saturated carbocycles. The van der Waals surface area contributed by atoms with Crippen molar-refractivity contribution in [2.45, 2.75) is 13.8 Å². The molecule has 0 radical (unpaired) electrons. The zero-order valence-corrected chi connectivity index (χ0v) is 19.7. The Labute approximate surface area is 203 Å². The van der Waals surface area contributed by atoms with E-state index in [4.69, 9.17) is 10.7 Å². The minimum atomic E-state index is -0.0352. The predicted octanol–water partition coefficient (Wildman–Crippen LogP) is 3.78. The second-order valence-electron chi connectivity index (χ2n) is 8.51. The molecule has 4 aromatic rings. The highest BCUT2D eigenvalue weighted by atomic mass is 16.2. The molecule has 1 fully saturated rings. The van der Waals surface area contributed by atoms with Crippen LogP contribution < -0.4 is 10.6 Å². The molecule has 0 atom stereocenters. The van der Waals surface area contributed by atoms with Crippen molar-refractivity contribution in [3.63, 3.8) is 0 Å². The van der Waals surface area contributed by atoms with E-state index in [1.165, 1.54) is 0 Å². The molecule has 0 bridgehead atoms. The lowest BCUT2D eigenvalue weighted by Crippen LogP contribution is -2.32. The maximum Gasteiger partial charge on any atom is 0.250 e. The van der Waals surface area contributed by atoms with Gasteiger partial charge in [-0.25, -0.2) is 9.97 Å². The number of carbonyl (C=O) groups is 2. The molecule has 3 heterocycles. The number of aromatic nitrogens is 3. The number of ketones is 1. The number of nitrogens with two attached hydrogens (primary N) is 1. The number of imidazole rings is 1. The summed E-state index contributed by atoms with van der Waals surface area (Å²) in [6, 6.07) is 16.6. The number of benzene rings is 2. The Morgan fingerprint density at radius 1 is 1.00 bits per heavy atom. The van der Waals surface area contributed by atoms with Crippen LogP contribution in [0.1, 0.15) is 29.8 Å². The van der Waals surface area contributed by atoms with Crippen LogP contribution in [0, 0.1) is 0 Å². The molecule has 1 aliphatic rings. The molecule has 2 aromatic carbocycles. The second-order valence-corrected chi connectivity index (χ2v) is 8.51. The summed E-state index contributed by atoms with van der Waals surface area (Å²) in [5.74, 6) is 1.05. The monoisotopic (exact) mass is 466 g/mol. The summed E-state index contributed by atoms with van der Waals surface area (Å²) in [6.07, 6.45) is 5.29. The van der Waals surface area contributed by atoms with Crippen LogP contribution in [0.25, 0.3) is 16.8 Å². The van der Waals surface area contributed by atoms with E-state index < -0.39 is 0 Å². The van der Waals surface area contributed by atoms with Gasteiger partial charge in [-0.2, -0.15) is 0 Å². The first kappa shape index (κ1) is 22.3. The number of fused-ring (bicyclic) bond motifs is 1. The first-order chi connectivity index (χ1) is 17.0. The highest BCUT2D eigenvalue weighted by Crippen LogP contribution is 2.32. The van der Waals surface area contributed by atoms with E-state index in [1.807, 2.05) is 65.8 Å². The fourth-order valence-corrected chi connectivity index (χ4v) is 4.30. The standard InChI is InChI=1S/C27H26N6O2/c1-3-18(2)26(35)31-15-16-32(17-31)27-30-22(23-25(28)29-13-14-33(23)27)19-9-11-21(12-10-19)24(34)20-7-5-4-6-8-20/h3-14H,15-17H2,1-2H3,(H2,28,29)/b18-3+. The molecule has 176 valence electrons. The van der Waals surface area contributed by atoms with Crippen LogP contribution in [-0.2, 0) is 4.79 Å². The van der Waals surface area contributed by atoms with E-state index in [0.29, 0.717) is 53.9 Å². The Bertz CT molecular complexity index is 1440. The third kappa shape index (κ3) is 4.03. The maximum absolute atomic E-state index is 12.8. The fourth-order valence-electron chi connectivity index (χ4n) is 4.30. The lowest BCUT2D eigenvalue weighted by atomic mass is 10.0. The Hall–Kier alpha value is -4.46. The number of hydrogen-bond donors (Lipinski definition) is 1. The van der Waals surface area contributed by atoms with Crippen LogP contribution in [0.5, 0.6) is 0 Å². The molecule has 0 spiro atoms. The minimum Gasteiger partial charge on any atom is -0.382 e. The van der Waals surface area contributed by atoms with E-state index in [0.717, 1.165) is 11.1 Å². The summed E-state index contributed by atoms with van der Waals surface area (Å²) in [6.45, 7) is 5.41. The van der Waals surface area contributed by atoms with Gasteiger partial charge in [0.05, 0.1) is 6.67 Å². The fraction of sp³-hybridized carbons (Fsp3) is 0.185. The molecular weight excluding hydrogens is 440 g/mol. The highest BCUT2D eigenvalue weighted by Gasteiger charge is 2.29. The van der Waals surface area contributed by atoms with Gasteiger partial charge in [-0.3, -0.25) is 14.0 Å². The third-order valence-electron chi connectivity index (χ3n) is 6.34. The molecule has 2 aromatic heterocycles. The van der Waals surface area contributed by atoms with Gasteiger partial charge in [-0.05, 0) is 13.8 Å². The van der Waals surface area contributed by atoms with Crippen molar-refractivity contribution in [1.82, 2.24) is 19.3 Å². The number of rotatable bonds is 5. The van der Waals surface area contributed by atoms with Gasteiger partial charge < -0.3 is 15.5 Å². The summed E-state index contributed by atoms with van der Waals surface area (Å²) >= 11 is 0. The molecule has 0 aliphatic carbocycles. The molecule has 8 heteroatoms. The minimum absolute atomic E-state index is 0.0240. The zero-order chi connectivity index (χ0) is 24.5. The van der Waals surface area contributed by atoms with Crippen molar-refractivity contribution in [2.24, 2.45) is 0 Å². The van der Waals surface area contributed by atoms with Crippen molar-refractivity contribution >= 4 is 29.0 Å². The van der Waals surface area contributed by atoms with E-state index >= 15 is 0 Å². The van der Waals surface area contributed by atoms with Crippen LogP contribution in [0.15, 0.2) is 78.6 Å². The largest absolute Gasteiger partial charge is 0.382 e. The SMILES string of the molecule is C/C=C(\C)C(=O)N1CCN(c2nc(-c3ccc(C(=O)c4ccccc4)cc3)c3c(N)nccn23)C1. The molecule has 0 unspecified atom stereocenters. The Balaban J connectivity index is 1.49. The molecule has 8 nitrogen and oxygen atoms in total. The Morgan fingerprint density at radius 2 is 1.71 bits per heavy atom. The highest BCUT2D eigenvalue weighted by molar-refractivity contribution is 6.09. The normalized spacial score (nSPS) is 14.1. The predicted molar refractivity (Wildman–Crippen MR) is 136 cm³/mol. The second kappa shape index (κ2) is 9.06. The van der Waals surface area contributed by atoms with Gasteiger partial charge in [-0.1, -0.05) is 60.7 Å². The number of nitrogen functional groups attached to an aromatic ring is 1. The first-order valence-corrected chi connectivity index (χ1v) is 11.5. The molecular formula is C27H26N6O2. The summed E-state index contributed by atoms with van der Waals surface area (Å²) in [5, 5.41) is 0. The van der Waals surface area contributed by atoms with Gasteiger partial charge >= 0.3 is 0 Å². The van der Waals surface area contributed by atoms with E-state index in [9.17, 15) is 9.59 Å². The zero-order valence-electron chi connectivity index (χ0n) is 19.7. The van der Waals surface area contributed by atoms with Crippen molar-refractivity contribution in [2.75, 3.05) is 30.4 Å². The maximum atomic E-state index is 12.8. The van der Waals surface area contributed by atoms with Crippen molar-refractivity contribution in [3.8, 4) is 11.3 Å². The molecule has 2 N–H and O–H groups in total. The lowest BCUT2D eigenvalue weighted by molar-refractivity contribution is -0.126. The van der Waals surface area contributed by atoms with Crippen LogP contribution in [0.2, 0.25) is 0 Å². The summed E-state index contributed by atoms with van der Waals surface area (Å²) in [4.78, 5) is 38.5. The topological polar surface area (TPSA) is 96.8 Å². The van der Waals surface area contributed by atoms with Crippen LogP contribution in [0.3, 0.4) is 0 Å². The van der Waals surface area contributed by atoms with Gasteiger partial charge in [0.1, 0.15) is 17.0 Å². The van der Waals surface area contributed by atoms with Crippen LogP contribution >= 0.6 is 0 Å². The number of nitrogens with zero attached hydrogens (tertiary/aromatic N) is 5. The van der Waals surface area contributed by atoms with E-state index in [1.54, 1.807) is 30.5 Å². The number of hydrogen-bond acceptors (Lipinski definition) is 6. The molecule has 35 heavy (non-hydrogen) atoms. The van der Waals surface area contributed by atoms with Crippen molar-refractivity contribution < 1.29 is 9.59 Å². The van der Waals surface area contributed by atoms with Gasteiger partial charge in [-0.15, -0.1) is 0 Å². The molecule has 1 saturated heterocycles. The average molecular weight is 467 g/mol.